The van der Waals surface area contributed by atoms with E-state index >= 15 is 0 Å². The van der Waals surface area contributed by atoms with Crippen molar-refractivity contribution in [3.8, 4) is 0 Å². The van der Waals surface area contributed by atoms with E-state index < -0.39 is 0 Å². The van der Waals surface area contributed by atoms with Gasteiger partial charge in [-0.15, -0.1) is 0 Å². The molecule has 1 aromatic rings. The second kappa shape index (κ2) is 5.49. The van der Waals surface area contributed by atoms with Crippen molar-refractivity contribution >= 4 is 17.3 Å². The van der Waals surface area contributed by atoms with Crippen molar-refractivity contribution < 1.29 is 0 Å². The molecule has 0 aromatic heterocycles. The lowest BCUT2D eigenvalue weighted by Crippen LogP contribution is -2.44. The van der Waals surface area contributed by atoms with Crippen LogP contribution in [0.25, 0.3) is 0 Å². The fraction of sp³-hybridized carbons (Fsp3) is 0.562. The van der Waals surface area contributed by atoms with Gasteiger partial charge < -0.3 is 10.2 Å². The molecular weight excluding hydrogens is 252 g/mol. The Morgan fingerprint density at radius 1 is 1.26 bits per heavy atom. The summed E-state index contributed by atoms with van der Waals surface area (Å²) in [5, 5.41) is 4.49. The van der Waals surface area contributed by atoms with E-state index in [2.05, 4.69) is 47.6 Å². The highest BCUT2D eigenvalue weighted by Crippen LogP contribution is 2.44. The minimum absolute atomic E-state index is 0.629. The van der Waals surface area contributed by atoms with E-state index in [4.69, 9.17) is 12.2 Å². The van der Waals surface area contributed by atoms with E-state index in [-0.39, 0.29) is 0 Å². The van der Waals surface area contributed by atoms with Gasteiger partial charge in [-0.1, -0.05) is 36.8 Å². The third-order valence-corrected chi connectivity index (χ3v) is 5.09. The van der Waals surface area contributed by atoms with E-state index in [1.165, 1.54) is 31.2 Å². The molecule has 2 fully saturated rings. The average molecular weight is 274 g/mol. The zero-order valence-electron chi connectivity index (χ0n) is 11.5. The summed E-state index contributed by atoms with van der Waals surface area (Å²) in [5.41, 5.74) is 1.31. The van der Waals surface area contributed by atoms with Gasteiger partial charge in [0.1, 0.15) is 0 Å². The number of fused-ring (bicyclic) bond motifs is 2. The van der Waals surface area contributed by atoms with E-state index in [0.717, 1.165) is 23.5 Å². The normalized spacial score (nSPS) is 28.4. The Bertz CT molecular complexity index is 445. The Morgan fingerprint density at radius 3 is 2.68 bits per heavy atom. The largest absolute Gasteiger partial charge is 0.360 e. The third-order valence-electron chi connectivity index (χ3n) is 4.66. The first-order chi connectivity index (χ1) is 9.22. The van der Waals surface area contributed by atoms with Gasteiger partial charge in [0.05, 0.1) is 0 Å². The second-order valence-corrected chi connectivity index (χ2v) is 6.46. The van der Waals surface area contributed by atoms with Crippen LogP contribution >= 0.6 is 12.2 Å². The van der Waals surface area contributed by atoms with Crippen LogP contribution in [0.5, 0.6) is 0 Å². The van der Waals surface area contributed by atoms with Gasteiger partial charge in [-0.25, -0.2) is 0 Å². The Kier molecular flexibility index (Phi) is 3.74. The molecule has 102 valence electrons. The van der Waals surface area contributed by atoms with E-state index in [1.54, 1.807) is 0 Å². The fourth-order valence-corrected chi connectivity index (χ4v) is 3.84. The third kappa shape index (κ3) is 2.92. The van der Waals surface area contributed by atoms with Crippen molar-refractivity contribution in [2.75, 3.05) is 7.05 Å². The zero-order valence-corrected chi connectivity index (χ0v) is 12.3. The summed E-state index contributed by atoms with van der Waals surface area (Å²) in [6, 6.07) is 11.1. The molecule has 3 atom stereocenters. The van der Waals surface area contributed by atoms with Crippen LogP contribution in [0.2, 0.25) is 0 Å². The highest BCUT2D eigenvalue weighted by molar-refractivity contribution is 7.80. The quantitative estimate of drug-likeness (QED) is 0.852. The van der Waals surface area contributed by atoms with Gasteiger partial charge in [0.2, 0.25) is 0 Å². The molecule has 0 radical (unpaired) electrons. The SMILES string of the molecule is CN(Cc1ccccc1)C(=S)N[C@H]1C[C@H]2CC[C@H]1C2. The topological polar surface area (TPSA) is 15.3 Å². The number of nitrogens with one attached hydrogen (secondary N) is 1. The number of rotatable bonds is 3. The molecule has 3 heteroatoms. The molecule has 0 heterocycles. The standard InChI is InChI=1S/C16H22N2S/c1-18(11-12-5-3-2-4-6-12)16(19)17-15-10-13-7-8-14(15)9-13/h2-6,13-15H,7-11H2,1H3,(H,17,19)/t13-,14-,15-/m0/s1. The van der Waals surface area contributed by atoms with E-state index in [0.29, 0.717) is 6.04 Å². The average Bonchev–Trinajstić information content (AvgIpc) is 3.02. The van der Waals surface area contributed by atoms with E-state index in [1.807, 2.05) is 0 Å². The molecule has 0 unspecified atom stereocenters. The Balaban J connectivity index is 1.53. The highest BCUT2D eigenvalue weighted by Gasteiger charge is 2.39. The van der Waals surface area contributed by atoms with Crippen molar-refractivity contribution in [3.05, 3.63) is 35.9 Å². The lowest BCUT2D eigenvalue weighted by Gasteiger charge is -2.28. The molecule has 2 nitrogen and oxygen atoms in total. The summed E-state index contributed by atoms with van der Waals surface area (Å²) >= 11 is 5.54. The van der Waals surface area contributed by atoms with Gasteiger partial charge in [-0.05, 0) is 48.9 Å². The van der Waals surface area contributed by atoms with Gasteiger partial charge in [-0.2, -0.15) is 0 Å². The van der Waals surface area contributed by atoms with Crippen LogP contribution in [0.1, 0.15) is 31.2 Å². The van der Waals surface area contributed by atoms with Crippen LogP contribution in [-0.4, -0.2) is 23.1 Å². The van der Waals surface area contributed by atoms with Crippen molar-refractivity contribution in [1.82, 2.24) is 10.2 Å². The zero-order chi connectivity index (χ0) is 13.2. The van der Waals surface area contributed by atoms with Gasteiger partial charge >= 0.3 is 0 Å². The van der Waals surface area contributed by atoms with Crippen molar-refractivity contribution in [2.24, 2.45) is 11.8 Å². The number of hydrogen-bond acceptors (Lipinski definition) is 1. The predicted octanol–water partition coefficient (Wildman–Crippen LogP) is 3.18. The first-order valence-electron chi connectivity index (χ1n) is 7.28. The number of nitrogens with zero attached hydrogens (tertiary/aromatic N) is 1. The Hall–Kier alpha value is -1.09. The maximum Gasteiger partial charge on any atom is 0.169 e. The molecule has 0 amide bonds. The van der Waals surface area contributed by atoms with Gasteiger partial charge in [-0.3, -0.25) is 0 Å². The molecule has 19 heavy (non-hydrogen) atoms. The highest BCUT2D eigenvalue weighted by atomic mass is 32.1. The summed E-state index contributed by atoms with van der Waals surface area (Å²) in [5.74, 6) is 1.83. The first-order valence-corrected chi connectivity index (χ1v) is 7.69. The molecule has 1 aromatic carbocycles. The number of hydrogen-bond donors (Lipinski definition) is 1. The summed E-state index contributed by atoms with van der Waals surface area (Å²) < 4.78 is 0. The smallest absolute Gasteiger partial charge is 0.169 e. The lowest BCUT2D eigenvalue weighted by atomic mass is 9.95. The molecule has 2 bridgehead atoms. The van der Waals surface area contributed by atoms with Crippen LogP contribution in [0, 0.1) is 11.8 Å². The molecule has 0 aliphatic heterocycles. The van der Waals surface area contributed by atoms with Crippen molar-refractivity contribution in [1.29, 1.82) is 0 Å². The van der Waals surface area contributed by atoms with Gasteiger partial charge in [0.25, 0.3) is 0 Å². The minimum atomic E-state index is 0.629. The van der Waals surface area contributed by atoms with Crippen molar-refractivity contribution in [2.45, 2.75) is 38.3 Å². The first kappa shape index (κ1) is 12.9. The molecule has 2 saturated carbocycles. The van der Waals surface area contributed by atoms with E-state index in [9.17, 15) is 0 Å². The minimum Gasteiger partial charge on any atom is -0.360 e. The van der Waals surface area contributed by atoms with Crippen LogP contribution in [-0.2, 0) is 6.54 Å². The maximum atomic E-state index is 5.54. The molecule has 1 N–H and O–H groups in total. The molecule has 2 aliphatic rings. The predicted molar refractivity (Wildman–Crippen MR) is 82.9 cm³/mol. The summed E-state index contributed by atoms with van der Waals surface area (Å²) in [4.78, 5) is 2.15. The second-order valence-electron chi connectivity index (χ2n) is 6.07. The van der Waals surface area contributed by atoms with Crippen LogP contribution in [0.4, 0.5) is 0 Å². The maximum absolute atomic E-state index is 5.54. The van der Waals surface area contributed by atoms with Crippen LogP contribution in [0.15, 0.2) is 30.3 Å². The lowest BCUT2D eigenvalue weighted by molar-refractivity contribution is 0.373. The Morgan fingerprint density at radius 2 is 2.05 bits per heavy atom. The molecule has 0 saturated heterocycles. The van der Waals surface area contributed by atoms with Crippen LogP contribution in [0.3, 0.4) is 0 Å². The summed E-state index contributed by atoms with van der Waals surface area (Å²) in [6.45, 7) is 0.882. The molecule has 2 aliphatic carbocycles. The molecular formula is C16H22N2S. The fourth-order valence-electron chi connectivity index (χ4n) is 3.62. The van der Waals surface area contributed by atoms with Crippen LogP contribution < -0.4 is 5.32 Å². The van der Waals surface area contributed by atoms with Crippen molar-refractivity contribution in [3.63, 3.8) is 0 Å². The molecule has 3 rings (SSSR count). The number of thiocarbonyl (C=S) groups is 1. The molecule has 0 spiro atoms. The summed E-state index contributed by atoms with van der Waals surface area (Å²) in [6.07, 6.45) is 5.58. The Labute approximate surface area is 121 Å². The van der Waals surface area contributed by atoms with Gasteiger partial charge in [0, 0.05) is 19.6 Å². The number of benzene rings is 1. The monoisotopic (exact) mass is 274 g/mol. The summed E-state index contributed by atoms with van der Waals surface area (Å²) in [7, 11) is 2.08. The van der Waals surface area contributed by atoms with Gasteiger partial charge in [0.15, 0.2) is 5.11 Å².